The monoisotopic (exact) mass is 340 g/mol. The van der Waals surface area contributed by atoms with Crippen LogP contribution in [0.3, 0.4) is 0 Å². The lowest BCUT2D eigenvalue weighted by atomic mass is 9.92. The minimum Gasteiger partial charge on any atom is -0.488 e. The summed E-state index contributed by atoms with van der Waals surface area (Å²) < 4.78 is 18.6. The van der Waals surface area contributed by atoms with Gasteiger partial charge in [0.05, 0.1) is 11.5 Å². The molecule has 0 saturated carbocycles. The molecule has 0 aliphatic carbocycles. The molecule has 128 valence electrons. The number of carbonyl (C=O) groups is 2. The molecule has 0 aromatic heterocycles. The van der Waals surface area contributed by atoms with Gasteiger partial charge >= 0.3 is 5.97 Å². The highest BCUT2D eigenvalue weighted by Gasteiger charge is 2.26. The lowest BCUT2D eigenvalue weighted by Crippen LogP contribution is -2.20. The summed E-state index contributed by atoms with van der Waals surface area (Å²) >= 11 is 0. The maximum absolute atomic E-state index is 13.0. The second-order valence-corrected chi connectivity index (χ2v) is 5.89. The van der Waals surface area contributed by atoms with Crippen molar-refractivity contribution in [2.75, 3.05) is 6.61 Å². The topological polar surface area (TPSA) is 63.6 Å². The Morgan fingerprint density at radius 3 is 2.64 bits per heavy atom. The van der Waals surface area contributed by atoms with Crippen molar-refractivity contribution in [1.82, 2.24) is 0 Å². The fourth-order valence-corrected chi connectivity index (χ4v) is 2.88. The number of benzene rings is 2. The lowest BCUT2D eigenvalue weighted by molar-refractivity contribution is -0.138. The zero-order valence-electron chi connectivity index (χ0n) is 13.7. The van der Waals surface area contributed by atoms with Gasteiger partial charge in [-0.3, -0.25) is 9.59 Å². The van der Waals surface area contributed by atoms with Crippen molar-refractivity contribution in [3.63, 3.8) is 0 Å². The van der Waals surface area contributed by atoms with Gasteiger partial charge in [-0.1, -0.05) is 25.1 Å². The van der Waals surface area contributed by atoms with Gasteiger partial charge < -0.3 is 9.84 Å². The second-order valence-electron chi connectivity index (χ2n) is 5.89. The van der Waals surface area contributed by atoms with E-state index in [1.807, 2.05) is 0 Å². The minimum atomic E-state index is -0.901. The molecular formula is C20H17FO4. The zero-order valence-corrected chi connectivity index (χ0v) is 13.7. The number of carboxylic acid groups (broad SMARTS) is 1. The highest BCUT2D eigenvalue weighted by atomic mass is 19.1. The van der Waals surface area contributed by atoms with Crippen LogP contribution in [0.1, 0.15) is 40.7 Å². The standard InChI is InChI=1S/C20H17FO4/c1-2-16(20(23)24)13-5-8-17-18(10-13)25-11-14(19(17)22)9-12-3-6-15(21)7-4-12/h3-10,16H,2,11H2,1H3,(H,23,24). The van der Waals surface area contributed by atoms with Gasteiger partial charge in [0.15, 0.2) is 5.78 Å². The van der Waals surface area contributed by atoms with Gasteiger partial charge in [-0.15, -0.1) is 0 Å². The molecule has 25 heavy (non-hydrogen) atoms. The smallest absolute Gasteiger partial charge is 0.310 e. The fraction of sp³-hybridized carbons (Fsp3) is 0.200. The van der Waals surface area contributed by atoms with Gasteiger partial charge in [-0.2, -0.15) is 0 Å². The molecule has 1 aliphatic heterocycles. The SMILES string of the molecule is CCC(C(=O)O)c1ccc2c(c1)OCC(=Cc1ccc(F)cc1)C2=O. The summed E-state index contributed by atoms with van der Waals surface area (Å²) in [5, 5.41) is 9.26. The van der Waals surface area contributed by atoms with Crippen molar-refractivity contribution >= 4 is 17.8 Å². The highest BCUT2D eigenvalue weighted by Crippen LogP contribution is 2.32. The first-order valence-electron chi connectivity index (χ1n) is 8.00. The molecule has 2 aromatic rings. The van der Waals surface area contributed by atoms with Crippen LogP contribution in [0.25, 0.3) is 6.08 Å². The summed E-state index contributed by atoms with van der Waals surface area (Å²) in [4.78, 5) is 23.9. The highest BCUT2D eigenvalue weighted by molar-refractivity contribution is 6.14. The number of rotatable bonds is 4. The number of fused-ring (bicyclic) bond motifs is 1. The molecule has 1 heterocycles. The Labute approximate surface area is 144 Å². The summed E-state index contributed by atoms with van der Waals surface area (Å²) in [5.74, 6) is -1.63. The molecule has 4 nitrogen and oxygen atoms in total. The number of halogens is 1. The predicted octanol–water partition coefficient (Wildman–Crippen LogP) is 4.06. The molecule has 1 aliphatic rings. The average Bonchev–Trinajstić information content (AvgIpc) is 2.59. The molecule has 0 spiro atoms. The van der Waals surface area contributed by atoms with E-state index in [2.05, 4.69) is 0 Å². The van der Waals surface area contributed by atoms with Crippen molar-refractivity contribution in [3.05, 3.63) is 70.5 Å². The van der Waals surface area contributed by atoms with Crippen molar-refractivity contribution < 1.29 is 23.8 Å². The molecule has 0 amide bonds. The number of carbonyl (C=O) groups excluding carboxylic acids is 1. The molecule has 0 fully saturated rings. The van der Waals surface area contributed by atoms with Crippen LogP contribution >= 0.6 is 0 Å². The first-order valence-corrected chi connectivity index (χ1v) is 8.00. The molecular weight excluding hydrogens is 323 g/mol. The van der Waals surface area contributed by atoms with Crippen molar-refractivity contribution in [2.24, 2.45) is 0 Å². The second kappa shape index (κ2) is 6.89. The molecule has 1 unspecified atom stereocenters. The van der Waals surface area contributed by atoms with Crippen molar-refractivity contribution in [2.45, 2.75) is 19.3 Å². The number of aliphatic carboxylic acids is 1. The zero-order chi connectivity index (χ0) is 18.0. The molecule has 0 bridgehead atoms. The van der Waals surface area contributed by atoms with Crippen LogP contribution in [-0.2, 0) is 4.79 Å². The van der Waals surface area contributed by atoms with E-state index in [-0.39, 0.29) is 18.2 Å². The number of hydrogen-bond donors (Lipinski definition) is 1. The van der Waals surface area contributed by atoms with E-state index in [1.165, 1.54) is 12.1 Å². The Hall–Kier alpha value is -2.95. The van der Waals surface area contributed by atoms with Gasteiger partial charge in [-0.25, -0.2) is 4.39 Å². The molecule has 1 atom stereocenters. The molecule has 2 aromatic carbocycles. The number of carboxylic acids is 1. The quantitative estimate of drug-likeness (QED) is 0.853. The van der Waals surface area contributed by atoms with E-state index in [1.54, 1.807) is 43.3 Å². The summed E-state index contributed by atoms with van der Waals surface area (Å²) in [6.07, 6.45) is 2.13. The van der Waals surface area contributed by atoms with Gasteiger partial charge in [-0.05, 0) is 47.9 Å². The number of hydrogen-bond acceptors (Lipinski definition) is 3. The summed E-state index contributed by atoms with van der Waals surface area (Å²) in [5.41, 5.74) is 2.21. The maximum atomic E-state index is 13.0. The molecule has 5 heteroatoms. The van der Waals surface area contributed by atoms with Crippen LogP contribution < -0.4 is 4.74 Å². The summed E-state index contributed by atoms with van der Waals surface area (Å²) in [6, 6.07) is 10.7. The Bertz CT molecular complexity index is 852. The van der Waals surface area contributed by atoms with Crippen LogP contribution in [0, 0.1) is 5.82 Å². The molecule has 3 rings (SSSR count). The Morgan fingerprint density at radius 1 is 1.28 bits per heavy atom. The van der Waals surface area contributed by atoms with Crippen LogP contribution in [-0.4, -0.2) is 23.5 Å². The van der Waals surface area contributed by atoms with Gasteiger partial charge in [0.1, 0.15) is 18.2 Å². The Kier molecular flexibility index (Phi) is 4.65. The molecule has 0 saturated heterocycles. The van der Waals surface area contributed by atoms with E-state index >= 15 is 0 Å². The molecule has 0 radical (unpaired) electrons. The number of Topliss-reactive ketones (excluding diaryl/α,β-unsaturated/α-hetero) is 1. The van der Waals surface area contributed by atoms with Crippen LogP contribution in [0.15, 0.2) is 48.0 Å². The predicted molar refractivity (Wildman–Crippen MR) is 91.3 cm³/mol. The maximum Gasteiger partial charge on any atom is 0.310 e. The van der Waals surface area contributed by atoms with Crippen molar-refractivity contribution in [3.8, 4) is 5.75 Å². The van der Waals surface area contributed by atoms with E-state index in [0.717, 1.165) is 0 Å². The van der Waals surface area contributed by atoms with Gasteiger partial charge in [0, 0.05) is 5.57 Å². The summed E-state index contributed by atoms with van der Waals surface area (Å²) in [6.45, 7) is 1.89. The van der Waals surface area contributed by atoms with Gasteiger partial charge in [0.25, 0.3) is 0 Å². The Balaban J connectivity index is 1.91. The molecule has 1 N–H and O–H groups in total. The van der Waals surface area contributed by atoms with E-state index in [0.29, 0.717) is 34.4 Å². The Morgan fingerprint density at radius 2 is 2.00 bits per heavy atom. The third-order valence-electron chi connectivity index (χ3n) is 4.24. The third-order valence-corrected chi connectivity index (χ3v) is 4.24. The third kappa shape index (κ3) is 3.45. The average molecular weight is 340 g/mol. The van der Waals surface area contributed by atoms with Crippen molar-refractivity contribution in [1.29, 1.82) is 0 Å². The number of ether oxygens (including phenoxy) is 1. The fourth-order valence-electron chi connectivity index (χ4n) is 2.88. The van der Waals surface area contributed by atoms with Crippen LogP contribution in [0.5, 0.6) is 5.75 Å². The van der Waals surface area contributed by atoms with Crippen LogP contribution in [0.4, 0.5) is 4.39 Å². The van der Waals surface area contributed by atoms with E-state index < -0.39 is 11.9 Å². The first kappa shape index (κ1) is 16.9. The minimum absolute atomic E-state index is 0.0938. The normalized spacial score (nSPS) is 16.2. The number of ketones is 1. The van der Waals surface area contributed by atoms with E-state index in [9.17, 15) is 19.1 Å². The van der Waals surface area contributed by atoms with Crippen LogP contribution in [0.2, 0.25) is 0 Å². The first-order chi connectivity index (χ1) is 12.0. The largest absolute Gasteiger partial charge is 0.488 e. The van der Waals surface area contributed by atoms with E-state index in [4.69, 9.17) is 4.74 Å². The summed E-state index contributed by atoms with van der Waals surface area (Å²) in [7, 11) is 0. The lowest BCUT2D eigenvalue weighted by Gasteiger charge is -2.21. The van der Waals surface area contributed by atoms with Gasteiger partial charge in [0.2, 0.25) is 0 Å².